The molecule has 1 aromatic rings. The topological polar surface area (TPSA) is 183 Å². The molecule has 47 heavy (non-hydrogen) atoms. The Hall–Kier alpha value is -3.45. The van der Waals surface area contributed by atoms with Gasteiger partial charge >= 0.3 is 0 Å². The summed E-state index contributed by atoms with van der Waals surface area (Å²) in [5, 5.41) is 22.2. The fourth-order valence-corrected chi connectivity index (χ4v) is 6.85. The van der Waals surface area contributed by atoms with Crippen molar-refractivity contribution in [2.45, 2.75) is 129 Å². The van der Waals surface area contributed by atoms with Crippen LogP contribution < -0.4 is 21.3 Å². The summed E-state index contributed by atoms with van der Waals surface area (Å²) in [4.78, 5) is 77.5. The highest BCUT2D eigenvalue weighted by atomic mass is 16.3. The lowest BCUT2D eigenvalue weighted by molar-refractivity contribution is -0.145. The summed E-state index contributed by atoms with van der Waals surface area (Å²) in [5.41, 5.74) is 0.261. The van der Waals surface area contributed by atoms with Crippen molar-refractivity contribution in [1.29, 1.82) is 0 Å². The molecule has 3 fully saturated rings. The first-order valence-corrected chi connectivity index (χ1v) is 17.4. The molecule has 13 heteroatoms. The molecule has 2 aliphatic carbocycles. The van der Waals surface area contributed by atoms with E-state index in [2.05, 4.69) is 31.2 Å². The van der Waals surface area contributed by atoms with Gasteiger partial charge in [-0.05, 0) is 55.8 Å². The number of rotatable bonds is 17. The van der Waals surface area contributed by atoms with Gasteiger partial charge in [0.05, 0.1) is 18.3 Å². The summed E-state index contributed by atoms with van der Waals surface area (Å²) >= 11 is 0. The maximum absolute atomic E-state index is 14.3. The van der Waals surface area contributed by atoms with E-state index < -0.39 is 53.9 Å². The lowest BCUT2D eigenvalue weighted by Gasteiger charge is -2.34. The third-order valence-corrected chi connectivity index (χ3v) is 9.69. The Morgan fingerprint density at radius 3 is 2.30 bits per heavy atom. The number of carbonyl (C=O) groups is 5. The van der Waals surface area contributed by atoms with Gasteiger partial charge in [0.15, 0.2) is 0 Å². The number of fused-ring (bicyclic) bond motifs is 1. The number of ketones is 1. The summed E-state index contributed by atoms with van der Waals surface area (Å²) in [6.45, 7) is 9.76. The van der Waals surface area contributed by atoms with Crippen molar-refractivity contribution in [1.82, 2.24) is 36.1 Å². The van der Waals surface area contributed by atoms with Gasteiger partial charge < -0.3 is 26.0 Å². The Labute approximate surface area is 277 Å². The number of Topliss-reactive ketones (excluding diaryl/α,β-unsaturated/α-hetero) is 1. The zero-order valence-electron chi connectivity index (χ0n) is 28.4. The van der Waals surface area contributed by atoms with Crippen LogP contribution in [0.1, 0.15) is 104 Å². The fraction of sp³-hybridized carbons (Fsp3) is 0.735. The van der Waals surface area contributed by atoms with Crippen molar-refractivity contribution in [3.05, 3.63) is 24.3 Å². The number of aliphatic hydroxyl groups is 1. The number of likely N-dealkylation sites (tertiary alicyclic amines) is 1. The van der Waals surface area contributed by atoms with Crippen molar-refractivity contribution >= 4 is 29.4 Å². The molecule has 4 amide bonds. The molecule has 260 valence electrons. The highest BCUT2D eigenvalue weighted by molar-refractivity contribution is 6.38. The number of nitrogens with zero attached hydrogens (tertiary/aromatic N) is 3. The molecule has 0 bridgehead atoms. The lowest BCUT2D eigenvalue weighted by Crippen LogP contribution is -2.60. The molecule has 4 rings (SSSR count). The van der Waals surface area contributed by atoms with E-state index in [9.17, 15) is 29.1 Å². The first-order chi connectivity index (χ1) is 22.4. The minimum absolute atomic E-state index is 0.0181. The van der Waals surface area contributed by atoms with Crippen LogP contribution in [0.15, 0.2) is 18.6 Å². The maximum Gasteiger partial charge on any atom is 0.289 e. The number of hydrogen-bond acceptors (Lipinski definition) is 9. The smallest absolute Gasteiger partial charge is 0.289 e. The predicted molar refractivity (Wildman–Crippen MR) is 174 cm³/mol. The number of aliphatic hydroxyl groups excluding tert-OH is 1. The minimum atomic E-state index is -1.25. The summed E-state index contributed by atoms with van der Waals surface area (Å²) in [6.07, 6.45) is 10.2. The van der Waals surface area contributed by atoms with Crippen molar-refractivity contribution < 1.29 is 29.1 Å². The van der Waals surface area contributed by atoms with Gasteiger partial charge in [0.1, 0.15) is 24.0 Å². The molecule has 5 N–H and O–H groups in total. The van der Waals surface area contributed by atoms with Crippen LogP contribution in [-0.2, 0) is 24.0 Å². The van der Waals surface area contributed by atoms with E-state index in [1.54, 1.807) is 4.90 Å². The first kappa shape index (κ1) is 36.4. The number of amides is 4. The molecule has 2 saturated carbocycles. The van der Waals surface area contributed by atoms with E-state index in [0.717, 1.165) is 44.9 Å². The molecule has 1 aliphatic heterocycles. The molecule has 1 saturated heterocycles. The number of hydrogen-bond donors (Lipinski definition) is 5. The molecule has 2 heterocycles. The van der Waals surface area contributed by atoms with Crippen LogP contribution in [-0.4, -0.2) is 86.1 Å². The number of unbranched alkanes of at least 4 members (excludes halogenated alkanes) is 2. The Bertz CT molecular complexity index is 1260. The molecule has 0 aromatic carbocycles. The molecule has 0 spiro atoms. The van der Waals surface area contributed by atoms with Crippen LogP contribution in [0.4, 0.5) is 0 Å². The van der Waals surface area contributed by atoms with Gasteiger partial charge in [0.2, 0.25) is 23.5 Å². The van der Waals surface area contributed by atoms with Crippen molar-refractivity contribution in [3.63, 3.8) is 0 Å². The molecular formula is C34H53N7O6. The van der Waals surface area contributed by atoms with E-state index in [-0.39, 0.29) is 41.3 Å². The molecule has 7 atom stereocenters. The molecular weight excluding hydrogens is 602 g/mol. The van der Waals surface area contributed by atoms with Crippen LogP contribution in [0.5, 0.6) is 0 Å². The SMILES string of the molecule is CCCCCC(NC(=O)[C@@H]1[C@H]2CCC[C@H]2CN1C(=O)C(NC(=O)C(NC(O)c1cnccn1)C(C)C)C(C)C)C(=O)C(=O)NC1CC1. The van der Waals surface area contributed by atoms with E-state index in [4.69, 9.17) is 0 Å². The molecule has 4 unspecified atom stereocenters. The van der Waals surface area contributed by atoms with E-state index in [1.807, 2.05) is 34.6 Å². The minimum Gasteiger partial charge on any atom is -0.373 e. The number of nitrogens with one attached hydrogen (secondary N) is 4. The van der Waals surface area contributed by atoms with Gasteiger partial charge in [-0.2, -0.15) is 0 Å². The third kappa shape index (κ3) is 9.34. The second-order valence-electron chi connectivity index (χ2n) is 14.1. The largest absolute Gasteiger partial charge is 0.373 e. The average Bonchev–Trinajstić information content (AvgIpc) is 3.61. The van der Waals surface area contributed by atoms with Gasteiger partial charge in [-0.25, -0.2) is 0 Å². The second-order valence-corrected chi connectivity index (χ2v) is 14.1. The zero-order chi connectivity index (χ0) is 34.2. The van der Waals surface area contributed by atoms with Crippen LogP contribution in [0, 0.1) is 23.7 Å². The Kier molecular flexibility index (Phi) is 12.8. The molecule has 13 nitrogen and oxygen atoms in total. The van der Waals surface area contributed by atoms with Crippen LogP contribution in [0.3, 0.4) is 0 Å². The quantitative estimate of drug-likeness (QED) is 0.0949. The highest BCUT2D eigenvalue weighted by Crippen LogP contribution is 2.42. The number of carbonyl (C=O) groups excluding carboxylic acids is 5. The molecule has 1 aromatic heterocycles. The van der Waals surface area contributed by atoms with Gasteiger partial charge in [-0.3, -0.25) is 39.3 Å². The fourth-order valence-electron chi connectivity index (χ4n) is 6.85. The maximum atomic E-state index is 14.3. The predicted octanol–water partition coefficient (Wildman–Crippen LogP) is 1.76. The van der Waals surface area contributed by atoms with Crippen molar-refractivity contribution in [2.24, 2.45) is 23.7 Å². The normalized spacial score (nSPS) is 23.1. The zero-order valence-corrected chi connectivity index (χ0v) is 28.4. The van der Waals surface area contributed by atoms with Crippen molar-refractivity contribution in [3.8, 4) is 0 Å². The van der Waals surface area contributed by atoms with Crippen LogP contribution in [0.2, 0.25) is 0 Å². The van der Waals surface area contributed by atoms with Gasteiger partial charge in [-0.15, -0.1) is 0 Å². The Morgan fingerprint density at radius 1 is 0.957 bits per heavy atom. The van der Waals surface area contributed by atoms with E-state index in [1.165, 1.54) is 18.6 Å². The number of aromatic nitrogens is 2. The third-order valence-electron chi connectivity index (χ3n) is 9.69. The standard InChI is InChI=1S/C34H53N7O6/c1-6-7-8-12-24(29(42)33(46)37-22-13-14-22)38-32(45)28-23-11-9-10-21(23)18-41(28)34(47)27(20(4)5)40-31(44)26(19(2)3)39-30(43)25-17-35-15-16-36-25/h15-17,19-24,26-28,30,39,43H,6-14,18H2,1-5H3,(H,37,46)(H,38,45)(H,40,44)/t21-,23-,24?,26?,27?,28-,30?/m0/s1. The van der Waals surface area contributed by atoms with Crippen molar-refractivity contribution in [2.75, 3.05) is 6.54 Å². The highest BCUT2D eigenvalue weighted by Gasteiger charge is 2.51. The monoisotopic (exact) mass is 655 g/mol. The first-order valence-electron chi connectivity index (χ1n) is 17.4. The second kappa shape index (κ2) is 16.6. The van der Waals surface area contributed by atoms with Gasteiger partial charge in [-0.1, -0.05) is 60.3 Å². The Morgan fingerprint density at radius 2 is 1.68 bits per heavy atom. The van der Waals surface area contributed by atoms with Crippen LogP contribution >= 0.6 is 0 Å². The van der Waals surface area contributed by atoms with E-state index >= 15 is 0 Å². The Balaban J connectivity index is 1.50. The summed E-state index contributed by atoms with van der Waals surface area (Å²) in [6, 6.07) is -3.54. The lowest BCUT2D eigenvalue weighted by atomic mass is 9.92. The van der Waals surface area contributed by atoms with E-state index in [0.29, 0.717) is 19.4 Å². The summed E-state index contributed by atoms with van der Waals surface area (Å²) in [7, 11) is 0. The molecule has 3 aliphatic rings. The molecule has 0 radical (unpaired) electrons. The van der Waals surface area contributed by atoms with Gasteiger partial charge in [0, 0.05) is 25.0 Å². The summed E-state index contributed by atoms with van der Waals surface area (Å²) in [5.74, 6) is -3.05. The van der Waals surface area contributed by atoms with Gasteiger partial charge in [0.25, 0.3) is 5.91 Å². The average molecular weight is 656 g/mol. The van der Waals surface area contributed by atoms with Crippen LogP contribution in [0.25, 0.3) is 0 Å². The summed E-state index contributed by atoms with van der Waals surface area (Å²) < 4.78 is 0.